The summed E-state index contributed by atoms with van der Waals surface area (Å²) in [6, 6.07) is 41.0. The number of benzene rings is 6. The van der Waals surface area contributed by atoms with E-state index in [-0.39, 0.29) is 13.4 Å². The zero-order chi connectivity index (χ0) is 39.1. The zero-order valence-electron chi connectivity index (χ0n) is 34.4. The molecule has 6 aromatic carbocycles. The summed E-state index contributed by atoms with van der Waals surface area (Å²) >= 11 is 2.01. The van der Waals surface area contributed by atoms with E-state index in [1.54, 1.807) is 11.1 Å². The van der Waals surface area contributed by atoms with Crippen molar-refractivity contribution >= 4 is 109 Å². The molecule has 0 saturated carbocycles. The van der Waals surface area contributed by atoms with Gasteiger partial charge in [-0.3, -0.25) is 0 Å². The van der Waals surface area contributed by atoms with Gasteiger partial charge in [-0.1, -0.05) is 65.8 Å². The van der Waals surface area contributed by atoms with Gasteiger partial charge >= 0.3 is 0 Å². The van der Waals surface area contributed by atoms with Crippen LogP contribution in [0.25, 0.3) is 0 Å². The largest absolute Gasteiger partial charge is 0.371 e. The van der Waals surface area contributed by atoms with Gasteiger partial charge in [-0.25, -0.2) is 0 Å². The minimum Gasteiger partial charge on any atom is -0.371 e. The number of fused-ring (bicyclic) bond motifs is 8. The molecule has 8 aliphatic rings. The molecule has 0 amide bonds. The molecule has 0 spiro atoms. The maximum Gasteiger partial charge on any atom is 0.252 e. The van der Waals surface area contributed by atoms with Crippen molar-refractivity contribution < 1.29 is 0 Å². The number of nitrogens with zero attached hydrogens (tertiary/aromatic N) is 5. The first-order chi connectivity index (χ1) is 29.8. The van der Waals surface area contributed by atoms with Gasteiger partial charge in [0.05, 0.1) is 0 Å². The Morgan fingerprint density at radius 2 is 0.983 bits per heavy atom. The highest BCUT2D eigenvalue weighted by atomic mass is 32.2. The lowest BCUT2D eigenvalue weighted by molar-refractivity contribution is 0.575. The monoisotopic (exact) mass is 797 g/mol. The van der Waals surface area contributed by atoms with Crippen molar-refractivity contribution in [3.63, 3.8) is 0 Å². The van der Waals surface area contributed by atoms with E-state index >= 15 is 0 Å². The summed E-state index contributed by atoms with van der Waals surface area (Å²) in [6.45, 7) is 7.26. The Morgan fingerprint density at radius 3 is 1.63 bits per heavy atom. The van der Waals surface area contributed by atoms with E-state index in [2.05, 4.69) is 128 Å². The Kier molecular flexibility index (Phi) is 7.56. The van der Waals surface area contributed by atoms with Crippen LogP contribution in [0.2, 0.25) is 0 Å². The predicted molar refractivity (Wildman–Crippen MR) is 257 cm³/mol. The molecule has 2 saturated heterocycles. The third-order valence-corrected chi connectivity index (χ3v) is 16.7. The summed E-state index contributed by atoms with van der Waals surface area (Å²) in [5.74, 6) is 0. The number of para-hydroxylation sites is 1. The van der Waals surface area contributed by atoms with Crippen molar-refractivity contribution in [3.05, 3.63) is 114 Å². The molecule has 60 heavy (non-hydrogen) atoms. The van der Waals surface area contributed by atoms with Crippen LogP contribution in [0.3, 0.4) is 0 Å². The van der Waals surface area contributed by atoms with Gasteiger partial charge in [0.2, 0.25) is 6.71 Å². The fourth-order valence-electron chi connectivity index (χ4n) is 13.1. The van der Waals surface area contributed by atoms with Crippen LogP contribution in [-0.4, -0.2) is 52.7 Å². The molecule has 6 aromatic rings. The van der Waals surface area contributed by atoms with E-state index in [4.69, 9.17) is 0 Å². The topological polar surface area (TPSA) is 16.2 Å². The summed E-state index contributed by atoms with van der Waals surface area (Å²) in [6.07, 6.45) is 12.7. The maximum absolute atomic E-state index is 2.73. The van der Waals surface area contributed by atoms with Crippen LogP contribution in [0.15, 0.2) is 113 Å². The van der Waals surface area contributed by atoms with E-state index in [1.807, 2.05) is 11.8 Å². The zero-order valence-corrected chi connectivity index (χ0v) is 35.2. The van der Waals surface area contributed by atoms with Crippen molar-refractivity contribution in [2.45, 2.75) is 74.0 Å². The second-order valence-corrected chi connectivity index (χ2v) is 19.7. The van der Waals surface area contributed by atoms with Crippen molar-refractivity contribution in [1.29, 1.82) is 0 Å². The van der Waals surface area contributed by atoms with Crippen molar-refractivity contribution in [1.82, 2.24) is 0 Å². The fraction of sp³-hybridized carbons (Fsp3) is 0.308. The first-order valence-electron chi connectivity index (χ1n) is 23.1. The van der Waals surface area contributed by atoms with Gasteiger partial charge in [-0.15, -0.1) is 0 Å². The average molecular weight is 798 g/mol. The van der Waals surface area contributed by atoms with Crippen LogP contribution < -0.4 is 57.3 Å². The van der Waals surface area contributed by atoms with E-state index in [1.165, 1.54) is 178 Å². The van der Waals surface area contributed by atoms with Crippen LogP contribution in [0, 0.1) is 0 Å². The van der Waals surface area contributed by atoms with Gasteiger partial charge in [0, 0.05) is 100 Å². The van der Waals surface area contributed by atoms with E-state index < -0.39 is 0 Å². The minimum absolute atomic E-state index is 0.159. The Labute approximate surface area is 359 Å². The smallest absolute Gasteiger partial charge is 0.252 e. The number of hydrogen-bond donors (Lipinski definition) is 0. The second kappa shape index (κ2) is 13.1. The molecule has 2 fully saturated rings. The molecule has 0 atom stereocenters. The van der Waals surface area contributed by atoms with E-state index in [0.717, 1.165) is 19.5 Å². The number of rotatable bonds is 3. The Bertz CT molecular complexity index is 2780. The van der Waals surface area contributed by atoms with Crippen LogP contribution in [0.1, 0.15) is 62.5 Å². The standard InChI is InChI=1S/C52H49B2N5S/c1-4-14-34(15-5-1)59-45-20-10-18-43-49(45)53(37-22-24-41(55-26-6-2-7-27-55)35-16-12-30-57(43)51(35)37)39-32-40-48(33-46(39)59)60-47-21-11-19-44-50(47)54(40)38-23-25-42(56-28-8-3-9-29-56)36-17-13-31-58(44)52(36)38/h1,4-5,10-11,14-15,18-25,32-33H,2-3,6-9,12-13,16-17,26-31H2. The summed E-state index contributed by atoms with van der Waals surface area (Å²) < 4.78 is 0. The molecular weight excluding hydrogens is 748 g/mol. The van der Waals surface area contributed by atoms with Gasteiger partial charge in [0.1, 0.15) is 0 Å². The molecule has 8 heterocycles. The lowest BCUT2D eigenvalue weighted by Gasteiger charge is -2.48. The second-order valence-electron chi connectivity index (χ2n) is 18.6. The fourth-order valence-corrected chi connectivity index (χ4v) is 14.3. The molecular formula is C52H49B2N5S. The lowest BCUT2D eigenvalue weighted by Crippen LogP contribution is -2.65. The Hall–Kier alpha value is -5.20. The summed E-state index contributed by atoms with van der Waals surface area (Å²) in [5, 5.41) is 0. The van der Waals surface area contributed by atoms with Crippen LogP contribution in [0.5, 0.6) is 0 Å². The lowest BCUT2D eigenvalue weighted by atomic mass is 9.30. The number of piperidine rings is 2. The van der Waals surface area contributed by atoms with Gasteiger partial charge in [0.15, 0.2) is 0 Å². The highest BCUT2D eigenvalue weighted by molar-refractivity contribution is 8.00. The van der Waals surface area contributed by atoms with Gasteiger partial charge < -0.3 is 24.5 Å². The first-order valence-corrected chi connectivity index (χ1v) is 23.9. The maximum atomic E-state index is 2.73. The van der Waals surface area contributed by atoms with Gasteiger partial charge in [0.25, 0.3) is 6.71 Å². The molecule has 0 radical (unpaired) electrons. The van der Waals surface area contributed by atoms with Gasteiger partial charge in [-0.05, 0) is 157 Å². The van der Waals surface area contributed by atoms with Crippen LogP contribution in [-0.2, 0) is 12.8 Å². The van der Waals surface area contributed by atoms with E-state index in [0.29, 0.717) is 0 Å². The first kappa shape index (κ1) is 34.5. The average Bonchev–Trinajstić information content (AvgIpc) is 3.31. The van der Waals surface area contributed by atoms with E-state index in [9.17, 15) is 0 Å². The highest BCUT2D eigenvalue weighted by Crippen LogP contribution is 2.48. The molecule has 0 aliphatic carbocycles. The van der Waals surface area contributed by atoms with Crippen LogP contribution in [0.4, 0.5) is 51.2 Å². The molecule has 8 aliphatic heterocycles. The Balaban J connectivity index is 1.02. The third kappa shape index (κ3) is 4.74. The summed E-state index contributed by atoms with van der Waals surface area (Å²) in [4.78, 5) is 16.3. The molecule has 14 rings (SSSR count). The quantitative estimate of drug-likeness (QED) is 0.169. The molecule has 8 heteroatoms. The molecule has 5 nitrogen and oxygen atoms in total. The normalized spacial score (nSPS) is 19.0. The molecule has 0 unspecified atom stereocenters. The molecule has 0 N–H and O–H groups in total. The summed E-state index contributed by atoms with van der Waals surface area (Å²) in [7, 11) is 0. The third-order valence-electron chi connectivity index (χ3n) is 15.5. The minimum atomic E-state index is 0.159. The number of hydrogen-bond acceptors (Lipinski definition) is 6. The number of anilines is 9. The van der Waals surface area contributed by atoms with Crippen molar-refractivity contribution in [3.8, 4) is 0 Å². The molecule has 0 aromatic heterocycles. The SMILES string of the molecule is c1ccc(N2c3cc4c(cc3B3c5ccc(N6CCCCC6)c6c5N(CCC6)c5cccc2c53)B2c3ccc(N5CCCCC5)c5c3N(CCC5)c3cccc(c32)S4)cc1. The van der Waals surface area contributed by atoms with Crippen molar-refractivity contribution in [2.24, 2.45) is 0 Å². The molecule has 0 bridgehead atoms. The molecule has 294 valence electrons. The predicted octanol–water partition coefficient (Wildman–Crippen LogP) is 7.74. The van der Waals surface area contributed by atoms with Crippen molar-refractivity contribution in [2.75, 3.05) is 63.8 Å². The van der Waals surface area contributed by atoms with Gasteiger partial charge in [-0.2, -0.15) is 0 Å². The van der Waals surface area contributed by atoms with Crippen LogP contribution >= 0.6 is 11.8 Å². The highest BCUT2D eigenvalue weighted by Gasteiger charge is 2.48. The summed E-state index contributed by atoms with van der Waals surface area (Å²) in [5.41, 5.74) is 24.9. The Morgan fingerprint density at radius 1 is 0.400 bits per heavy atom.